The van der Waals surface area contributed by atoms with Crippen LogP contribution < -0.4 is 10.6 Å². The molecule has 5 heterocycles. The molecule has 2 aliphatic rings. The SMILES string of the molecule is COC(=O)N[C@H](C(=O)N1CCC[C@H]1c1ncc(-c2ccc(-c3ccc4cc(-c5cnc([C@@H]6CCCN6C(=O)[C@H](NC(=O)OC(C)(C)C)c6ccccc6)[nH]5)ccc4n3)cc2)[nH]1)C(C)C. The maximum atomic E-state index is 14.2. The number of amides is 4. The molecule has 0 bridgehead atoms. The molecule has 6 aromatic rings. The third kappa shape index (κ3) is 9.48. The zero-order chi connectivity index (χ0) is 45.1. The summed E-state index contributed by atoms with van der Waals surface area (Å²) in [5.41, 5.74) is 6.17. The topological polar surface area (TPSA) is 188 Å². The number of carbonyl (C=O) groups is 4. The van der Waals surface area contributed by atoms with Gasteiger partial charge in [-0.05, 0) is 81.7 Å². The molecule has 332 valence electrons. The average Bonchev–Trinajstić information content (AvgIpc) is 4.13. The summed E-state index contributed by atoms with van der Waals surface area (Å²) in [5.74, 6) is 0.922. The number of aromatic amines is 2. The number of alkyl carbamates (subject to hydrolysis) is 2. The fraction of sp³-hybridized carbons (Fsp3) is 0.367. The van der Waals surface area contributed by atoms with Gasteiger partial charge in [-0.2, -0.15) is 0 Å². The summed E-state index contributed by atoms with van der Waals surface area (Å²) >= 11 is 0. The lowest BCUT2D eigenvalue weighted by Crippen LogP contribution is -2.51. The maximum Gasteiger partial charge on any atom is 0.408 e. The number of hydrogen-bond donors (Lipinski definition) is 4. The van der Waals surface area contributed by atoms with Gasteiger partial charge in [0.05, 0.1) is 54.2 Å². The van der Waals surface area contributed by atoms with Crippen LogP contribution in [0.4, 0.5) is 9.59 Å². The lowest BCUT2D eigenvalue weighted by molar-refractivity contribution is -0.136. The van der Waals surface area contributed by atoms with Crippen LogP contribution in [0.25, 0.3) is 44.7 Å². The molecule has 4 amide bonds. The molecule has 3 aromatic heterocycles. The third-order valence-corrected chi connectivity index (χ3v) is 11.8. The Bertz CT molecular complexity index is 2630. The predicted octanol–water partition coefficient (Wildman–Crippen LogP) is 8.66. The van der Waals surface area contributed by atoms with Gasteiger partial charge >= 0.3 is 12.2 Å². The molecule has 0 unspecified atom stereocenters. The van der Waals surface area contributed by atoms with E-state index in [1.54, 1.807) is 43.0 Å². The van der Waals surface area contributed by atoms with Gasteiger partial charge in [0.25, 0.3) is 5.91 Å². The van der Waals surface area contributed by atoms with E-state index in [0.717, 1.165) is 70.4 Å². The Hall–Kier alpha value is -7.03. The molecule has 0 radical (unpaired) electrons. The number of nitrogens with one attached hydrogen (secondary N) is 4. The number of fused-ring (bicyclic) bond motifs is 1. The molecule has 3 aromatic carbocycles. The molecular formula is C49H55N9O6. The number of nitrogens with zero attached hydrogens (tertiary/aromatic N) is 5. The van der Waals surface area contributed by atoms with Crippen LogP contribution in [0.1, 0.15) is 95.6 Å². The van der Waals surface area contributed by atoms with E-state index in [-0.39, 0.29) is 29.8 Å². The van der Waals surface area contributed by atoms with Crippen molar-refractivity contribution in [3.8, 4) is 33.8 Å². The fourth-order valence-corrected chi connectivity index (χ4v) is 8.61. The van der Waals surface area contributed by atoms with Crippen molar-refractivity contribution in [2.24, 2.45) is 5.92 Å². The summed E-state index contributed by atoms with van der Waals surface area (Å²) in [6, 6.07) is 25.4. The van der Waals surface area contributed by atoms with Gasteiger partial charge in [-0.15, -0.1) is 0 Å². The minimum Gasteiger partial charge on any atom is -0.453 e. The number of aromatic nitrogens is 5. The van der Waals surface area contributed by atoms with E-state index in [1.165, 1.54) is 7.11 Å². The van der Waals surface area contributed by atoms with Gasteiger partial charge in [-0.25, -0.2) is 24.5 Å². The van der Waals surface area contributed by atoms with Crippen molar-refractivity contribution in [2.75, 3.05) is 20.2 Å². The first-order valence-electron chi connectivity index (χ1n) is 21.9. The van der Waals surface area contributed by atoms with Crippen molar-refractivity contribution in [1.82, 2.24) is 45.4 Å². The van der Waals surface area contributed by atoms with E-state index in [4.69, 9.17) is 19.4 Å². The molecular weight excluding hydrogens is 811 g/mol. The number of methoxy groups -OCH3 is 1. The van der Waals surface area contributed by atoms with Crippen molar-refractivity contribution in [3.05, 3.63) is 115 Å². The second-order valence-electron chi connectivity index (χ2n) is 17.8. The van der Waals surface area contributed by atoms with E-state index in [9.17, 15) is 19.2 Å². The van der Waals surface area contributed by atoms with E-state index in [0.29, 0.717) is 30.3 Å². The highest BCUT2D eigenvalue weighted by atomic mass is 16.6. The van der Waals surface area contributed by atoms with Gasteiger partial charge in [-0.1, -0.05) is 80.6 Å². The van der Waals surface area contributed by atoms with Gasteiger partial charge in [0.1, 0.15) is 29.3 Å². The van der Waals surface area contributed by atoms with Gasteiger partial charge in [0, 0.05) is 29.6 Å². The lowest BCUT2D eigenvalue weighted by Gasteiger charge is -2.30. The van der Waals surface area contributed by atoms with E-state index in [1.807, 2.05) is 86.6 Å². The summed E-state index contributed by atoms with van der Waals surface area (Å²) < 4.78 is 10.3. The van der Waals surface area contributed by atoms with Crippen LogP contribution in [-0.4, -0.2) is 90.6 Å². The van der Waals surface area contributed by atoms with Crippen molar-refractivity contribution in [1.29, 1.82) is 0 Å². The molecule has 2 fully saturated rings. The van der Waals surface area contributed by atoms with Crippen molar-refractivity contribution in [2.45, 2.75) is 90.1 Å². The molecule has 8 rings (SSSR count). The number of pyridine rings is 1. The Balaban J connectivity index is 0.941. The average molecular weight is 866 g/mol. The summed E-state index contributed by atoms with van der Waals surface area (Å²) in [4.78, 5) is 77.6. The summed E-state index contributed by atoms with van der Waals surface area (Å²) in [6.07, 6.45) is 5.46. The van der Waals surface area contributed by atoms with Gasteiger partial charge in [0.2, 0.25) is 5.91 Å². The van der Waals surface area contributed by atoms with Crippen LogP contribution in [0.15, 0.2) is 97.3 Å². The normalized spacial score (nSPS) is 17.4. The number of imidazole rings is 2. The number of benzene rings is 3. The number of ether oxygens (including phenoxy) is 2. The first-order valence-corrected chi connectivity index (χ1v) is 21.9. The molecule has 4 N–H and O–H groups in total. The molecule has 0 saturated carbocycles. The Morgan fingerprint density at radius 3 is 1.92 bits per heavy atom. The second-order valence-corrected chi connectivity index (χ2v) is 17.8. The van der Waals surface area contributed by atoms with Crippen molar-refractivity contribution < 1.29 is 28.7 Å². The Morgan fingerprint density at radius 2 is 1.31 bits per heavy atom. The van der Waals surface area contributed by atoms with Crippen LogP contribution in [0.2, 0.25) is 0 Å². The maximum absolute atomic E-state index is 14.2. The van der Waals surface area contributed by atoms with E-state index in [2.05, 4.69) is 37.7 Å². The second kappa shape index (κ2) is 18.4. The van der Waals surface area contributed by atoms with Crippen LogP contribution in [0.5, 0.6) is 0 Å². The zero-order valence-corrected chi connectivity index (χ0v) is 37.1. The van der Waals surface area contributed by atoms with Crippen molar-refractivity contribution >= 4 is 34.9 Å². The van der Waals surface area contributed by atoms with E-state index < -0.39 is 29.9 Å². The highest BCUT2D eigenvalue weighted by molar-refractivity contribution is 5.89. The monoisotopic (exact) mass is 865 g/mol. The minimum absolute atomic E-state index is 0.113. The molecule has 0 aliphatic carbocycles. The predicted molar refractivity (Wildman–Crippen MR) is 242 cm³/mol. The Labute approximate surface area is 372 Å². The molecule has 2 aliphatic heterocycles. The van der Waals surface area contributed by atoms with Crippen molar-refractivity contribution in [3.63, 3.8) is 0 Å². The Morgan fingerprint density at radius 1 is 0.719 bits per heavy atom. The number of carbonyl (C=O) groups excluding carboxylic acids is 4. The molecule has 15 heteroatoms. The van der Waals surface area contributed by atoms with E-state index >= 15 is 0 Å². The fourth-order valence-electron chi connectivity index (χ4n) is 8.61. The Kier molecular flexibility index (Phi) is 12.5. The van der Waals surface area contributed by atoms with Gasteiger partial charge in [-0.3, -0.25) is 9.59 Å². The summed E-state index contributed by atoms with van der Waals surface area (Å²) in [5, 5.41) is 6.49. The summed E-state index contributed by atoms with van der Waals surface area (Å²) in [7, 11) is 1.29. The standard InChI is InChI=1S/C49H55N9O6/c1-29(2)41(55-47(61)63-6)45(59)57-24-10-14-39(57)43-50-27-37(53-43)31-18-16-30(17-19-31)35-22-20-33-26-34(21-23-36(33)52-35)38-28-51-44(54-38)40-15-11-25-58(40)46(60)42(32-12-8-7-9-13-32)56-48(62)64-49(3,4)5/h7-9,12-13,16-23,26-29,39-42H,10-11,14-15,24-25H2,1-6H3,(H,50,53)(H,51,54)(H,55,61)(H,56,62)/t39-,40-,41-,42+/m0/s1. The minimum atomic E-state index is -0.914. The molecule has 2 saturated heterocycles. The van der Waals surface area contributed by atoms with Crippen LogP contribution in [-0.2, 0) is 19.1 Å². The number of H-pyrrole nitrogens is 2. The first kappa shape index (κ1) is 43.6. The molecule has 15 nitrogen and oxygen atoms in total. The highest BCUT2D eigenvalue weighted by Gasteiger charge is 2.39. The zero-order valence-electron chi connectivity index (χ0n) is 37.1. The summed E-state index contributed by atoms with van der Waals surface area (Å²) in [6.45, 7) is 10.3. The molecule has 0 spiro atoms. The number of rotatable bonds is 11. The van der Waals surface area contributed by atoms with Crippen LogP contribution in [0, 0.1) is 5.92 Å². The number of hydrogen-bond acceptors (Lipinski definition) is 9. The van der Waals surface area contributed by atoms with Crippen LogP contribution in [0.3, 0.4) is 0 Å². The number of likely N-dealkylation sites (tertiary alicyclic amines) is 2. The lowest BCUT2D eigenvalue weighted by atomic mass is 10.0. The van der Waals surface area contributed by atoms with Crippen LogP contribution >= 0.6 is 0 Å². The molecule has 4 atom stereocenters. The van der Waals surface area contributed by atoms with Gasteiger partial charge < -0.3 is 39.9 Å². The van der Waals surface area contributed by atoms with Gasteiger partial charge in [0.15, 0.2) is 0 Å². The largest absolute Gasteiger partial charge is 0.453 e. The molecule has 64 heavy (non-hydrogen) atoms. The highest BCUT2D eigenvalue weighted by Crippen LogP contribution is 2.36. The first-order chi connectivity index (χ1) is 30.8. The third-order valence-electron chi connectivity index (χ3n) is 11.8. The smallest absolute Gasteiger partial charge is 0.408 e. The quantitative estimate of drug-likeness (QED) is 0.0989.